The molecule has 0 bridgehead atoms. The topological polar surface area (TPSA) is 86.9 Å². The normalized spacial score (nSPS) is 24.7. The van der Waals surface area contributed by atoms with E-state index < -0.39 is 15.6 Å². The number of rotatable bonds is 5. The molecule has 2 unspecified atom stereocenters. The molecule has 18 heavy (non-hydrogen) atoms. The van der Waals surface area contributed by atoms with Crippen LogP contribution in [0.2, 0.25) is 0 Å². The SMILES string of the molecule is CC(CC(C)(O)CN)N1CCN(S(C)(=O)=O)CC1. The van der Waals surface area contributed by atoms with Crippen LogP contribution in [0, 0.1) is 0 Å². The minimum Gasteiger partial charge on any atom is -0.389 e. The maximum absolute atomic E-state index is 11.4. The highest BCUT2D eigenvalue weighted by molar-refractivity contribution is 7.88. The lowest BCUT2D eigenvalue weighted by atomic mass is 9.97. The molecule has 6 nitrogen and oxygen atoms in total. The van der Waals surface area contributed by atoms with Crippen LogP contribution < -0.4 is 5.73 Å². The fourth-order valence-corrected chi connectivity index (χ4v) is 3.15. The zero-order chi connectivity index (χ0) is 14.0. The maximum Gasteiger partial charge on any atom is 0.211 e. The number of sulfonamides is 1. The van der Waals surface area contributed by atoms with Crippen molar-refractivity contribution in [3.63, 3.8) is 0 Å². The number of aliphatic hydroxyl groups is 1. The molecule has 108 valence electrons. The van der Waals surface area contributed by atoms with Gasteiger partial charge < -0.3 is 10.8 Å². The van der Waals surface area contributed by atoms with E-state index in [-0.39, 0.29) is 12.6 Å². The smallest absolute Gasteiger partial charge is 0.211 e. The van der Waals surface area contributed by atoms with E-state index >= 15 is 0 Å². The predicted octanol–water partition coefficient (Wildman–Crippen LogP) is -0.948. The molecule has 1 saturated heterocycles. The zero-order valence-corrected chi connectivity index (χ0v) is 12.3. The summed E-state index contributed by atoms with van der Waals surface area (Å²) in [5.74, 6) is 0. The first kappa shape index (κ1) is 15.8. The van der Waals surface area contributed by atoms with Crippen molar-refractivity contribution < 1.29 is 13.5 Å². The lowest BCUT2D eigenvalue weighted by Crippen LogP contribution is -2.52. The predicted molar refractivity (Wildman–Crippen MR) is 71.7 cm³/mol. The number of nitrogens with zero attached hydrogens (tertiary/aromatic N) is 2. The summed E-state index contributed by atoms with van der Waals surface area (Å²) in [4.78, 5) is 2.20. The molecule has 7 heteroatoms. The molecule has 0 saturated carbocycles. The molecular weight excluding hydrogens is 254 g/mol. The van der Waals surface area contributed by atoms with Crippen LogP contribution in [0.1, 0.15) is 20.3 Å². The highest BCUT2D eigenvalue weighted by Gasteiger charge is 2.29. The van der Waals surface area contributed by atoms with E-state index in [9.17, 15) is 13.5 Å². The summed E-state index contributed by atoms with van der Waals surface area (Å²) in [6, 6.07) is 0.199. The van der Waals surface area contributed by atoms with Gasteiger partial charge in [0.15, 0.2) is 0 Å². The van der Waals surface area contributed by atoms with E-state index in [0.717, 1.165) is 0 Å². The quantitative estimate of drug-likeness (QED) is 0.678. The molecule has 0 aliphatic carbocycles. The first-order valence-corrected chi connectivity index (χ1v) is 8.12. The Morgan fingerprint density at radius 1 is 1.33 bits per heavy atom. The van der Waals surface area contributed by atoms with Gasteiger partial charge in [0.25, 0.3) is 0 Å². The fourth-order valence-electron chi connectivity index (χ4n) is 2.32. The van der Waals surface area contributed by atoms with Gasteiger partial charge in [0.05, 0.1) is 11.9 Å². The number of hydrogen-bond donors (Lipinski definition) is 2. The average Bonchev–Trinajstić information content (AvgIpc) is 2.27. The first-order valence-electron chi connectivity index (χ1n) is 6.27. The van der Waals surface area contributed by atoms with Crippen LogP contribution in [0.5, 0.6) is 0 Å². The average molecular weight is 279 g/mol. The molecule has 1 aliphatic rings. The fraction of sp³-hybridized carbons (Fsp3) is 1.00. The van der Waals surface area contributed by atoms with Crippen LogP contribution >= 0.6 is 0 Å². The van der Waals surface area contributed by atoms with Gasteiger partial charge in [-0.3, -0.25) is 4.90 Å². The van der Waals surface area contributed by atoms with Crippen LogP contribution in [0.15, 0.2) is 0 Å². The monoisotopic (exact) mass is 279 g/mol. The highest BCUT2D eigenvalue weighted by atomic mass is 32.2. The van der Waals surface area contributed by atoms with Gasteiger partial charge in [0.1, 0.15) is 0 Å². The minimum atomic E-state index is -3.08. The van der Waals surface area contributed by atoms with Crippen molar-refractivity contribution in [1.82, 2.24) is 9.21 Å². The number of hydrogen-bond acceptors (Lipinski definition) is 5. The molecule has 3 N–H and O–H groups in total. The zero-order valence-electron chi connectivity index (χ0n) is 11.5. The lowest BCUT2D eigenvalue weighted by molar-refractivity contribution is 0.0221. The molecule has 0 aromatic heterocycles. The van der Waals surface area contributed by atoms with E-state index in [2.05, 4.69) is 4.90 Å². The molecule has 2 atom stereocenters. The molecule has 0 radical (unpaired) electrons. The summed E-state index contributed by atoms with van der Waals surface area (Å²) in [6.45, 7) is 6.46. The van der Waals surface area contributed by atoms with E-state index in [1.54, 1.807) is 6.92 Å². The van der Waals surface area contributed by atoms with Crippen molar-refractivity contribution >= 4 is 10.0 Å². The van der Waals surface area contributed by atoms with Gasteiger partial charge in [-0.15, -0.1) is 0 Å². The summed E-state index contributed by atoms with van der Waals surface area (Å²) in [7, 11) is -3.08. The summed E-state index contributed by atoms with van der Waals surface area (Å²) in [5, 5.41) is 9.95. The van der Waals surface area contributed by atoms with Crippen molar-refractivity contribution in [2.75, 3.05) is 39.0 Å². The molecule has 0 aromatic carbocycles. The Kier molecular flexibility index (Phi) is 5.13. The standard InChI is InChI=1S/C11H25N3O3S/c1-10(8-11(2,15)9-12)13-4-6-14(7-5-13)18(3,16)17/h10,15H,4-9,12H2,1-3H3. The van der Waals surface area contributed by atoms with Crippen molar-refractivity contribution in [3.8, 4) is 0 Å². The van der Waals surface area contributed by atoms with Gasteiger partial charge in [-0.2, -0.15) is 4.31 Å². The Hall–Kier alpha value is -0.210. The molecule has 0 amide bonds. The first-order chi connectivity index (χ1) is 8.15. The molecule has 1 aliphatic heterocycles. The lowest BCUT2D eigenvalue weighted by Gasteiger charge is -2.39. The Morgan fingerprint density at radius 3 is 2.22 bits per heavy atom. The van der Waals surface area contributed by atoms with Gasteiger partial charge >= 0.3 is 0 Å². The van der Waals surface area contributed by atoms with Crippen LogP contribution in [0.3, 0.4) is 0 Å². The van der Waals surface area contributed by atoms with Crippen molar-refractivity contribution in [2.24, 2.45) is 5.73 Å². The molecular formula is C11H25N3O3S. The second kappa shape index (κ2) is 5.83. The van der Waals surface area contributed by atoms with Crippen LogP contribution in [0.25, 0.3) is 0 Å². The Morgan fingerprint density at radius 2 is 1.83 bits per heavy atom. The summed E-state index contributed by atoms with van der Waals surface area (Å²) in [6.07, 6.45) is 1.84. The van der Waals surface area contributed by atoms with Crippen molar-refractivity contribution in [2.45, 2.75) is 31.9 Å². The third-order valence-corrected chi connectivity index (χ3v) is 4.84. The Bertz CT molecular complexity index is 362. The van der Waals surface area contributed by atoms with Crippen molar-refractivity contribution in [3.05, 3.63) is 0 Å². The second-order valence-electron chi connectivity index (χ2n) is 5.45. The highest BCUT2D eigenvalue weighted by Crippen LogP contribution is 2.17. The number of nitrogens with two attached hydrogens (primary N) is 1. The largest absolute Gasteiger partial charge is 0.389 e. The minimum absolute atomic E-state index is 0.199. The summed E-state index contributed by atoms with van der Waals surface area (Å²) >= 11 is 0. The third kappa shape index (κ3) is 4.47. The van der Waals surface area contributed by atoms with Gasteiger partial charge in [0.2, 0.25) is 10.0 Å². The van der Waals surface area contributed by atoms with Gasteiger partial charge in [-0.05, 0) is 20.3 Å². The molecule has 0 spiro atoms. The molecule has 1 rings (SSSR count). The molecule has 0 aromatic rings. The maximum atomic E-state index is 11.4. The van der Waals surface area contributed by atoms with E-state index in [1.165, 1.54) is 10.6 Å². The summed E-state index contributed by atoms with van der Waals surface area (Å²) < 4.78 is 24.3. The van der Waals surface area contributed by atoms with Gasteiger partial charge in [-0.1, -0.05) is 0 Å². The van der Waals surface area contributed by atoms with Crippen molar-refractivity contribution in [1.29, 1.82) is 0 Å². The second-order valence-corrected chi connectivity index (χ2v) is 7.43. The third-order valence-electron chi connectivity index (χ3n) is 3.54. The Balaban J connectivity index is 2.48. The summed E-state index contributed by atoms with van der Waals surface area (Å²) in [5.41, 5.74) is 4.65. The Labute approximate surface area is 110 Å². The van der Waals surface area contributed by atoms with Crippen LogP contribution in [0.4, 0.5) is 0 Å². The van der Waals surface area contributed by atoms with E-state index in [1.807, 2.05) is 6.92 Å². The molecule has 1 heterocycles. The van der Waals surface area contributed by atoms with E-state index in [4.69, 9.17) is 5.73 Å². The van der Waals surface area contributed by atoms with E-state index in [0.29, 0.717) is 32.6 Å². The number of piperazine rings is 1. The van der Waals surface area contributed by atoms with Crippen LogP contribution in [-0.4, -0.2) is 73.4 Å². The van der Waals surface area contributed by atoms with Gasteiger partial charge in [0, 0.05) is 38.8 Å². The molecule has 1 fully saturated rings. The van der Waals surface area contributed by atoms with Crippen LogP contribution in [-0.2, 0) is 10.0 Å². The van der Waals surface area contributed by atoms with Gasteiger partial charge in [-0.25, -0.2) is 8.42 Å².